The number of carbonyl (C=O) groups excluding carboxylic acids is 2. The second kappa shape index (κ2) is 8.03. The molecule has 4 nitrogen and oxygen atoms in total. The number of hydrogen-bond acceptors (Lipinski definition) is 2. The number of nitrogens with one attached hydrogen (secondary N) is 2. The highest BCUT2D eigenvalue weighted by Crippen LogP contribution is 2.09. The molecule has 120 valence electrons. The Hall–Kier alpha value is -2.76. The normalized spacial score (nSPS) is 10.2. The van der Waals surface area contributed by atoms with Gasteiger partial charge in [-0.2, -0.15) is 0 Å². The maximum absolute atomic E-state index is 13.0. The van der Waals surface area contributed by atoms with Crippen molar-refractivity contribution in [1.29, 1.82) is 0 Å². The van der Waals surface area contributed by atoms with Crippen molar-refractivity contribution in [3.05, 3.63) is 65.7 Å². The molecule has 0 fully saturated rings. The van der Waals surface area contributed by atoms with E-state index in [0.717, 1.165) is 5.56 Å². The van der Waals surface area contributed by atoms with Gasteiger partial charge < -0.3 is 10.6 Å². The van der Waals surface area contributed by atoms with Crippen molar-refractivity contribution in [2.24, 2.45) is 0 Å². The summed E-state index contributed by atoms with van der Waals surface area (Å²) < 4.78 is 25.7. The topological polar surface area (TPSA) is 58.2 Å². The molecule has 2 rings (SSSR count). The summed E-state index contributed by atoms with van der Waals surface area (Å²) in [4.78, 5) is 23.3. The summed E-state index contributed by atoms with van der Waals surface area (Å²) in [5, 5.41) is 5.05. The fourth-order valence-electron chi connectivity index (χ4n) is 1.98. The number of halogens is 2. The SMILES string of the molecule is O=C(CC(=O)Nc1cccc(F)c1)NCCc1ccc(F)cc1. The molecule has 0 aromatic heterocycles. The first-order valence-corrected chi connectivity index (χ1v) is 7.09. The van der Waals surface area contributed by atoms with Gasteiger partial charge in [-0.05, 0) is 42.3 Å². The molecular formula is C17H16F2N2O2. The van der Waals surface area contributed by atoms with Crippen LogP contribution in [0.4, 0.5) is 14.5 Å². The Kier molecular flexibility index (Phi) is 5.80. The van der Waals surface area contributed by atoms with Crippen LogP contribution in [0.1, 0.15) is 12.0 Å². The number of amides is 2. The predicted octanol–water partition coefficient (Wildman–Crippen LogP) is 2.65. The maximum Gasteiger partial charge on any atom is 0.233 e. The number of benzene rings is 2. The molecule has 0 aliphatic heterocycles. The largest absolute Gasteiger partial charge is 0.355 e. The first-order valence-electron chi connectivity index (χ1n) is 7.09. The zero-order chi connectivity index (χ0) is 16.7. The van der Waals surface area contributed by atoms with Crippen LogP contribution in [-0.4, -0.2) is 18.4 Å². The van der Waals surface area contributed by atoms with Crippen molar-refractivity contribution in [3.8, 4) is 0 Å². The van der Waals surface area contributed by atoms with Gasteiger partial charge in [-0.15, -0.1) is 0 Å². The van der Waals surface area contributed by atoms with Crippen molar-refractivity contribution in [2.75, 3.05) is 11.9 Å². The Bertz CT molecular complexity index is 687. The minimum atomic E-state index is -0.519. The third-order valence-electron chi connectivity index (χ3n) is 3.08. The van der Waals surface area contributed by atoms with Crippen LogP contribution in [0.3, 0.4) is 0 Å². The highest BCUT2D eigenvalue weighted by Gasteiger charge is 2.09. The Morgan fingerprint density at radius 3 is 2.35 bits per heavy atom. The second-order valence-electron chi connectivity index (χ2n) is 4.96. The molecular weight excluding hydrogens is 302 g/mol. The van der Waals surface area contributed by atoms with E-state index in [9.17, 15) is 18.4 Å². The third kappa shape index (κ3) is 5.86. The molecule has 2 aromatic rings. The molecule has 0 radical (unpaired) electrons. The van der Waals surface area contributed by atoms with Crippen LogP contribution in [0.2, 0.25) is 0 Å². The molecule has 2 amide bonds. The molecule has 0 bridgehead atoms. The van der Waals surface area contributed by atoms with Gasteiger partial charge in [0.15, 0.2) is 0 Å². The Morgan fingerprint density at radius 1 is 0.913 bits per heavy atom. The van der Waals surface area contributed by atoms with E-state index in [0.29, 0.717) is 18.7 Å². The van der Waals surface area contributed by atoms with Crippen LogP contribution in [0, 0.1) is 11.6 Å². The zero-order valence-electron chi connectivity index (χ0n) is 12.3. The molecule has 0 aliphatic carbocycles. The maximum atomic E-state index is 13.0. The molecule has 0 aliphatic rings. The van der Waals surface area contributed by atoms with Crippen molar-refractivity contribution in [3.63, 3.8) is 0 Å². The Morgan fingerprint density at radius 2 is 1.65 bits per heavy atom. The van der Waals surface area contributed by atoms with Crippen LogP contribution in [0.25, 0.3) is 0 Å². The lowest BCUT2D eigenvalue weighted by Gasteiger charge is -2.07. The standard InChI is InChI=1S/C17H16F2N2O2/c18-13-6-4-12(5-7-13)8-9-20-16(22)11-17(23)21-15-3-1-2-14(19)10-15/h1-7,10H,8-9,11H2,(H,20,22)(H,21,23). The highest BCUT2D eigenvalue weighted by molar-refractivity contribution is 6.03. The van der Waals surface area contributed by atoms with Crippen LogP contribution in [-0.2, 0) is 16.0 Å². The minimum absolute atomic E-state index is 0.300. The smallest absolute Gasteiger partial charge is 0.233 e. The van der Waals surface area contributed by atoms with E-state index in [1.165, 1.54) is 36.4 Å². The van der Waals surface area contributed by atoms with E-state index in [-0.39, 0.29) is 12.2 Å². The van der Waals surface area contributed by atoms with Gasteiger partial charge in [0.25, 0.3) is 0 Å². The minimum Gasteiger partial charge on any atom is -0.355 e. The van der Waals surface area contributed by atoms with Gasteiger partial charge in [0.2, 0.25) is 11.8 Å². The summed E-state index contributed by atoms with van der Waals surface area (Å²) in [6.45, 7) is 0.345. The summed E-state index contributed by atoms with van der Waals surface area (Å²) >= 11 is 0. The third-order valence-corrected chi connectivity index (χ3v) is 3.08. The van der Waals surface area contributed by atoms with Crippen molar-refractivity contribution >= 4 is 17.5 Å². The van der Waals surface area contributed by atoms with Crippen molar-refractivity contribution < 1.29 is 18.4 Å². The molecule has 0 spiro atoms. The molecule has 23 heavy (non-hydrogen) atoms. The van der Waals surface area contributed by atoms with E-state index in [1.54, 1.807) is 12.1 Å². The van der Waals surface area contributed by atoms with Crippen molar-refractivity contribution in [2.45, 2.75) is 12.8 Å². The van der Waals surface area contributed by atoms with Gasteiger partial charge in [-0.25, -0.2) is 8.78 Å². The average Bonchev–Trinajstić information content (AvgIpc) is 2.49. The summed E-state index contributed by atoms with van der Waals surface area (Å²) in [7, 11) is 0. The zero-order valence-corrected chi connectivity index (χ0v) is 12.3. The van der Waals surface area contributed by atoms with Gasteiger partial charge in [-0.1, -0.05) is 18.2 Å². The van der Waals surface area contributed by atoms with E-state index in [1.807, 2.05) is 0 Å². The van der Waals surface area contributed by atoms with Gasteiger partial charge in [-0.3, -0.25) is 9.59 Å². The average molecular weight is 318 g/mol. The van der Waals surface area contributed by atoms with Crippen LogP contribution >= 0.6 is 0 Å². The lowest BCUT2D eigenvalue weighted by atomic mass is 10.1. The molecule has 0 unspecified atom stereocenters. The van der Waals surface area contributed by atoms with Gasteiger partial charge in [0.1, 0.15) is 18.1 Å². The molecule has 0 atom stereocenters. The van der Waals surface area contributed by atoms with Gasteiger partial charge >= 0.3 is 0 Å². The summed E-state index contributed by atoms with van der Waals surface area (Å²) in [6, 6.07) is 11.4. The quantitative estimate of drug-likeness (QED) is 0.805. The Balaban J connectivity index is 1.71. The summed E-state index contributed by atoms with van der Waals surface area (Å²) in [5.74, 6) is -1.73. The van der Waals surface area contributed by atoms with E-state index < -0.39 is 17.6 Å². The Labute approximate surface area is 132 Å². The number of carbonyl (C=O) groups is 2. The fraction of sp³-hybridized carbons (Fsp3) is 0.176. The number of anilines is 1. The fourth-order valence-corrected chi connectivity index (χ4v) is 1.98. The monoisotopic (exact) mass is 318 g/mol. The number of rotatable bonds is 6. The first-order chi connectivity index (χ1) is 11.0. The predicted molar refractivity (Wildman–Crippen MR) is 82.8 cm³/mol. The molecule has 2 N–H and O–H groups in total. The summed E-state index contributed by atoms with van der Waals surface area (Å²) in [6.07, 6.45) is 0.192. The molecule has 0 heterocycles. The van der Waals surface area contributed by atoms with Gasteiger partial charge in [0.05, 0.1) is 0 Å². The summed E-state index contributed by atoms with van der Waals surface area (Å²) in [5.41, 5.74) is 1.19. The highest BCUT2D eigenvalue weighted by atomic mass is 19.1. The van der Waals surface area contributed by atoms with Crippen LogP contribution < -0.4 is 10.6 Å². The lowest BCUT2D eigenvalue weighted by Crippen LogP contribution is -2.29. The van der Waals surface area contributed by atoms with E-state index in [2.05, 4.69) is 10.6 Å². The van der Waals surface area contributed by atoms with Crippen molar-refractivity contribution in [1.82, 2.24) is 5.32 Å². The van der Waals surface area contributed by atoms with E-state index in [4.69, 9.17) is 0 Å². The molecule has 6 heteroatoms. The van der Waals surface area contributed by atoms with Gasteiger partial charge in [0, 0.05) is 12.2 Å². The molecule has 0 saturated heterocycles. The van der Waals surface area contributed by atoms with E-state index >= 15 is 0 Å². The van der Waals surface area contributed by atoms with Crippen LogP contribution in [0.5, 0.6) is 0 Å². The lowest BCUT2D eigenvalue weighted by molar-refractivity contribution is -0.126. The molecule has 0 saturated carbocycles. The van der Waals surface area contributed by atoms with Crippen LogP contribution in [0.15, 0.2) is 48.5 Å². The molecule has 2 aromatic carbocycles. The number of hydrogen-bond donors (Lipinski definition) is 2. The second-order valence-corrected chi connectivity index (χ2v) is 4.96. The first kappa shape index (κ1) is 16.6.